The first-order valence-corrected chi connectivity index (χ1v) is 9.40. The molecule has 28 heavy (non-hydrogen) atoms. The molecule has 4 rings (SSSR count). The Labute approximate surface area is 164 Å². The molecule has 0 spiro atoms. The molecule has 0 fully saturated rings. The summed E-state index contributed by atoms with van der Waals surface area (Å²) < 4.78 is 15.3. The van der Waals surface area contributed by atoms with Crippen molar-refractivity contribution in [3.05, 3.63) is 78.6 Å². The van der Waals surface area contributed by atoms with Crippen molar-refractivity contribution in [3.63, 3.8) is 0 Å². The first-order chi connectivity index (χ1) is 13.7. The molecule has 7 nitrogen and oxygen atoms in total. The van der Waals surface area contributed by atoms with Crippen LogP contribution < -0.4 is 11.1 Å². The van der Waals surface area contributed by atoms with Gasteiger partial charge in [-0.1, -0.05) is 36.0 Å². The number of anilines is 3. The van der Waals surface area contributed by atoms with Crippen LogP contribution in [-0.2, 0) is 5.75 Å². The number of halogens is 1. The van der Waals surface area contributed by atoms with Gasteiger partial charge in [0.1, 0.15) is 11.6 Å². The van der Waals surface area contributed by atoms with Crippen molar-refractivity contribution in [3.8, 4) is 5.69 Å². The molecule has 0 aliphatic carbocycles. The Kier molecular flexibility index (Phi) is 5.16. The molecule has 0 atom stereocenters. The number of thioether (sulfide) groups is 1. The fourth-order valence-electron chi connectivity index (χ4n) is 2.56. The van der Waals surface area contributed by atoms with E-state index in [9.17, 15) is 4.39 Å². The molecule has 0 bridgehead atoms. The van der Waals surface area contributed by atoms with Gasteiger partial charge in [-0.25, -0.2) is 9.37 Å². The van der Waals surface area contributed by atoms with Crippen LogP contribution in [0.2, 0.25) is 0 Å². The van der Waals surface area contributed by atoms with Gasteiger partial charge in [-0.3, -0.25) is 4.57 Å². The number of nitrogen functional groups attached to an aromatic ring is 1. The average molecular weight is 393 g/mol. The van der Waals surface area contributed by atoms with Gasteiger partial charge in [-0.2, -0.15) is 15.0 Å². The summed E-state index contributed by atoms with van der Waals surface area (Å²) >= 11 is 1.42. The van der Waals surface area contributed by atoms with Crippen LogP contribution in [0, 0.1) is 5.82 Å². The van der Waals surface area contributed by atoms with Gasteiger partial charge in [-0.05, 0) is 30.3 Å². The number of rotatable bonds is 6. The Bertz CT molecular complexity index is 1080. The highest BCUT2D eigenvalue weighted by Crippen LogP contribution is 2.24. The molecule has 2 aromatic carbocycles. The Morgan fingerprint density at radius 2 is 1.89 bits per heavy atom. The summed E-state index contributed by atoms with van der Waals surface area (Å²) in [4.78, 5) is 17.1. The highest BCUT2D eigenvalue weighted by Gasteiger charge is 2.10. The SMILES string of the molecule is Nc1nc(CSc2nccn2-c2cccc(F)c2)nc(Nc2ccccc2)n1. The third-order valence-corrected chi connectivity index (χ3v) is 4.72. The summed E-state index contributed by atoms with van der Waals surface area (Å²) in [7, 11) is 0. The quantitative estimate of drug-likeness (QED) is 0.481. The topological polar surface area (TPSA) is 94.5 Å². The van der Waals surface area contributed by atoms with Crippen molar-refractivity contribution in [2.45, 2.75) is 10.9 Å². The zero-order chi connectivity index (χ0) is 19.3. The molecule has 9 heteroatoms. The van der Waals surface area contributed by atoms with E-state index in [4.69, 9.17) is 5.73 Å². The number of nitrogens with two attached hydrogens (primary N) is 1. The van der Waals surface area contributed by atoms with Crippen molar-refractivity contribution >= 4 is 29.3 Å². The average Bonchev–Trinajstić information content (AvgIpc) is 3.15. The van der Waals surface area contributed by atoms with Gasteiger partial charge in [0.05, 0.1) is 11.4 Å². The molecule has 0 aliphatic heterocycles. The van der Waals surface area contributed by atoms with E-state index in [-0.39, 0.29) is 11.8 Å². The Hall–Kier alpha value is -3.46. The Morgan fingerprint density at radius 3 is 2.71 bits per heavy atom. The van der Waals surface area contributed by atoms with Crippen LogP contribution >= 0.6 is 11.8 Å². The molecular weight excluding hydrogens is 377 g/mol. The van der Waals surface area contributed by atoms with Gasteiger partial charge < -0.3 is 11.1 Å². The van der Waals surface area contributed by atoms with Gasteiger partial charge in [0.25, 0.3) is 0 Å². The van der Waals surface area contributed by atoms with E-state index in [1.165, 1.54) is 23.9 Å². The second-order valence-electron chi connectivity index (χ2n) is 5.77. The second kappa shape index (κ2) is 8.05. The summed E-state index contributed by atoms with van der Waals surface area (Å²) in [6.45, 7) is 0. The predicted molar refractivity (Wildman–Crippen MR) is 107 cm³/mol. The molecule has 140 valence electrons. The largest absolute Gasteiger partial charge is 0.368 e. The third-order valence-electron chi connectivity index (χ3n) is 3.75. The van der Waals surface area contributed by atoms with Gasteiger partial charge in [0.2, 0.25) is 11.9 Å². The molecule has 2 aromatic heterocycles. The zero-order valence-electron chi connectivity index (χ0n) is 14.7. The maximum Gasteiger partial charge on any atom is 0.232 e. The number of hydrogen-bond donors (Lipinski definition) is 2. The molecule has 3 N–H and O–H groups in total. The number of hydrogen-bond acceptors (Lipinski definition) is 7. The van der Waals surface area contributed by atoms with Gasteiger partial charge >= 0.3 is 0 Å². The van der Waals surface area contributed by atoms with E-state index in [0.29, 0.717) is 28.4 Å². The Balaban J connectivity index is 1.51. The molecule has 0 saturated carbocycles. The third kappa shape index (κ3) is 4.26. The number of imidazole rings is 1. The van der Waals surface area contributed by atoms with Crippen LogP contribution in [0.1, 0.15) is 5.82 Å². The smallest absolute Gasteiger partial charge is 0.232 e. The van der Waals surface area contributed by atoms with Crippen LogP contribution in [0.3, 0.4) is 0 Å². The monoisotopic (exact) mass is 393 g/mol. The molecule has 0 saturated heterocycles. The number of nitrogens with zero attached hydrogens (tertiary/aromatic N) is 5. The maximum absolute atomic E-state index is 13.5. The van der Waals surface area contributed by atoms with Crippen molar-refractivity contribution in [2.24, 2.45) is 0 Å². The molecule has 2 heterocycles. The number of benzene rings is 2. The van der Waals surface area contributed by atoms with Crippen LogP contribution in [0.5, 0.6) is 0 Å². The van der Waals surface area contributed by atoms with Gasteiger partial charge in [-0.15, -0.1) is 0 Å². The number of para-hydroxylation sites is 1. The van der Waals surface area contributed by atoms with Crippen LogP contribution in [0.15, 0.2) is 72.1 Å². The van der Waals surface area contributed by atoms with E-state index in [1.54, 1.807) is 23.0 Å². The van der Waals surface area contributed by atoms with Crippen molar-refractivity contribution in [1.82, 2.24) is 24.5 Å². The maximum atomic E-state index is 13.5. The minimum Gasteiger partial charge on any atom is -0.368 e. The fraction of sp³-hybridized carbons (Fsp3) is 0.0526. The second-order valence-corrected chi connectivity index (χ2v) is 6.72. The molecule has 0 unspecified atom stereocenters. The number of nitrogens with one attached hydrogen (secondary N) is 1. The van der Waals surface area contributed by atoms with Crippen molar-refractivity contribution in [2.75, 3.05) is 11.1 Å². The molecule has 0 aliphatic rings. The zero-order valence-corrected chi connectivity index (χ0v) is 15.5. The van der Waals surface area contributed by atoms with Crippen LogP contribution in [0.4, 0.5) is 22.0 Å². The normalized spacial score (nSPS) is 10.8. The van der Waals surface area contributed by atoms with Gasteiger partial charge in [0.15, 0.2) is 5.16 Å². The van der Waals surface area contributed by atoms with E-state index in [0.717, 1.165) is 5.69 Å². The lowest BCUT2D eigenvalue weighted by Crippen LogP contribution is -2.06. The molecule has 0 radical (unpaired) electrons. The van der Waals surface area contributed by atoms with E-state index < -0.39 is 0 Å². The summed E-state index contributed by atoms with van der Waals surface area (Å²) in [5, 5.41) is 3.80. The first kappa shape index (κ1) is 17.9. The lowest BCUT2D eigenvalue weighted by molar-refractivity contribution is 0.626. The highest BCUT2D eigenvalue weighted by molar-refractivity contribution is 7.98. The Morgan fingerprint density at radius 1 is 1.04 bits per heavy atom. The van der Waals surface area contributed by atoms with Gasteiger partial charge in [0, 0.05) is 18.1 Å². The van der Waals surface area contributed by atoms with Crippen molar-refractivity contribution in [1.29, 1.82) is 0 Å². The molecular formula is C19H16FN7S. The van der Waals surface area contributed by atoms with E-state index in [1.807, 2.05) is 36.4 Å². The lowest BCUT2D eigenvalue weighted by Gasteiger charge is -2.09. The lowest BCUT2D eigenvalue weighted by atomic mass is 10.3. The molecule has 4 aromatic rings. The van der Waals surface area contributed by atoms with Crippen LogP contribution in [0.25, 0.3) is 5.69 Å². The van der Waals surface area contributed by atoms with Crippen LogP contribution in [-0.4, -0.2) is 24.5 Å². The highest BCUT2D eigenvalue weighted by atomic mass is 32.2. The molecule has 0 amide bonds. The standard InChI is InChI=1S/C19H16FN7S/c20-13-5-4-8-15(11-13)27-10-9-22-19(27)28-12-16-24-17(21)26-18(25-16)23-14-6-2-1-3-7-14/h1-11H,12H2,(H3,21,23,24,25,26). The number of aromatic nitrogens is 5. The summed E-state index contributed by atoms with van der Waals surface area (Å²) in [6, 6.07) is 15.9. The van der Waals surface area contributed by atoms with E-state index >= 15 is 0 Å². The predicted octanol–water partition coefficient (Wildman–Crippen LogP) is 3.81. The summed E-state index contributed by atoms with van der Waals surface area (Å²) in [5.74, 6) is 1.16. The first-order valence-electron chi connectivity index (χ1n) is 8.42. The summed E-state index contributed by atoms with van der Waals surface area (Å²) in [6.07, 6.45) is 3.44. The van der Waals surface area contributed by atoms with E-state index in [2.05, 4.69) is 25.3 Å². The van der Waals surface area contributed by atoms with Crippen molar-refractivity contribution < 1.29 is 4.39 Å². The minimum absolute atomic E-state index is 0.137. The fourth-order valence-corrected chi connectivity index (χ4v) is 3.39. The summed E-state index contributed by atoms with van der Waals surface area (Å²) in [5.41, 5.74) is 7.38. The minimum atomic E-state index is -0.302.